The number of hydrogen-bond donors (Lipinski definition) is 0. The van der Waals surface area contributed by atoms with Crippen LogP contribution in [0.25, 0.3) is 22.3 Å². The molecule has 4 aromatic carbocycles. The van der Waals surface area contributed by atoms with Crippen molar-refractivity contribution in [3.05, 3.63) is 89.5 Å². The average molecular weight is 737 g/mol. The fraction of sp³-hybridized carbons (Fsp3) is 0.395. The summed E-state index contributed by atoms with van der Waals surface area (Å²) in [6.45, 7) is 10.3. The van der Waals surface area contributed by atoms with Crippen LogP contribution in [0.15, 0.2) is 72.8 Å². The fourth-order valence-corrected chi connectivity index (χ4v) is 7.34. The predicted octanol–water partition coefficient (Wildman–Crippen LogP) is 5.98. The SMILES string of the molecule is COc1cc(-c2ccc(C(=O)N3CCN(CCCN4CCN(C(=O)c5ccc(-c6cc(OC)c(OC)c(OC)c6)cc5)CC4)CC3)cc2)cc(OC)c1C. The smallest absolute Gasteiger partial charge is 0.253 e. The van der Waals surface area contributed by atoms with Crippen LogP contribution < -0.4 is 23.7 Å². The largest absolute Gasteiger partial charge is 0.496 e. The first kappa shape index (κ1) is 38.5. The van der Waals surface area contributed by atoms with Crippen LogP contribution in [-0.4, -0.2) is 132 Å². The quantitative estimate of drug-likeness (QED) is 0.165. The van der Waals surface area contributed by atoms with Gasteiger partial charge in [-0.1, -0.05) is 24.3 Å². The van der Waals surface area contributed by atoms with E-state index in [0.717, 1.165) is 98.1 Å². The molecule has 4 aromatic rings. The molecule has 2 aliphatic heterocycles. The van der Waals surface area contributed by atoms with Gasteiger partial charge in [-0.15, -0.1) is 0 Å². The third kappa shape index (κ3) is 8.58. The zero-order valence-corrected chi connectivity index (χ0v) is 32.4. The van der Waals surface area contributed by atoms with Gasteiger partial charge in [0, 0.05) is 69.0 Å². The van der Waals surface area contributed by atoms with Gasteiger partial charge in [0.15, 0.2) is 11.5 Å². The highest BCUT2D eigenvalue weighted by atomic mass is 16.5. The lowest BCUT2D eigenvalue weighted by molar-refractivity contribution is 0.0606. The highest BCUT2D eigenvalue weighted by Gasteiger charge is 2.25. The van der Waals surface area contributed by atoms with Gasteiger partial charge in [0.1, 0.15) is 11.5 Å². The number of carbonyl (C=O) groups excluding carboxylic acids is 2. The van der Waals surface area contributed by atoms with Gasteiger partial charge in [0.2, 0.25) is 5.75 Å². The molecule has 0 N–H and O–H groups in total. The van der Waals surface area contributed by atoms with E-state index in [2.05, 4.69) is 9.80 Å². The molecule has 0 radical (unpaired) electrons. The molecule has 0 unspecified atom stereocenters. The van der Waals surface area contributed by atoms with Crippen molar-refractivity contribution >= 4 is 11.8 Å². The topological polar surface area (TPSA) is 93.3 Å². The Bertz CT molecular complexity index is 1850. The summed E-state index contributed by atoms with van der Waals surface area (Å²) in [5.41, 5.74) is 6.18. The zero-order valence-electron chi connectivity index (χ0n) is 32.4. The lowest BCUT2D eigenvalue weighted by Gasteiger charge is -2.37. The molecule has 0 aliphatic carbocycles. The summed E-state index contributed by atoms with van der Waals surface area (Å²) in [4.78, 5) is 35.5. The Morgan fingerprint density at radius 1 is 0.481 bits per heavy atom. The van der Waals surface area contributed by atoms with E-state index in [0.29, 0.717) is 41.5 Å². The van der Waals surface area contributed by atoms with Gasteiger partial charge in [-0.2, -0.15) is 0 Å². The Hall–Kier alpha value is -5.26. The number of rotatable bonds is 13. The molecule has 11 nitrogen and oxygen atoms in total. The fourth-order valence-electron chi connectivity index (χ4n) is 7.34. The van der Waals surface area contributed by atoms with Crippen molar-refractivity contribution in [1.82, 2.24) is 19.6 Å². The maximum atomic E-state index is 13.4. The lowest BCUT2D eigenvalue weighted by Crippen LogP contribution is -2.50. The number of nitrogens with zero attached hydrogens (tertiary/aromatic N) is 4. The van der Waals surface area contributed by atoms with Crippen LogP contribution in [0.2, 0.25) is 0 Å². The molecule has 2 amide bonds. The van der Waals surface area contributed by atoms with Gasteiger partial charge in [0.25, 0.3) is 11.8 Å². The minimum atomic E-state index is 0.0575. The van der Waals surface area contributed by atoms with Gasteiger partial charge in [-0.25, -0.2) is 0 Å². The van der Waals surface area contributed by atoms with Crippen molar-refractivity contribution in [3.63, 3.8) is 0 Å². The first-order chi connectivity index (χ1) is 26.3. The van der Waals surface area contributed by atoms with Crippen LogP contribution >= 0.6 is 0 Å². The Morgan fingerprint density at radius 2 is 0.833 bits per heavy atom. The van der Waals surface area contributed by atoms with Gasteiger partial charge in [-0.05, 0) is 97.2 Å². The molecular formula is C43H52N4O7. The summed E-state index contributed by atoms with van der Waals surface area (Å²) >= 11 is 0. The van der Waals surface area contributed by atoms with E-state index < -0.39 is 0 Å². The van der Waals surface area contributed by atoms with Crippen LogP contribution in [0.5, 0.6) is 28.7 Å². The Kier molecular flexibility index (Phi) is 12.6. The van der Waals surface area contributed by atoms with Crippen molar-refractivity contribution < 1.29 is 33.3 Å². The molecule has 0 bridgehead atoms. The van der Waals surface area contributed by atoms with E-state index in [1.54, 1.807) is 35.5 Å². The van der Waals surface area contributed by atoms with Crippen LogP contribution in [0, 0.1) is 6.92 Å². The molecule has 2 fully saturated rings. The summed E-state index contributed by atoms with van der Waals surface area (Å²) in [5.74, 6) is 3.38. The minimum absolute atomic E-state index is 0.0575. The number of methoxy groups -OCH3 is 5. The van der Waals surface area contributed by atoms with E-state index in [1.807, 2.05) is 89.5 Å². The number of benzene rings is 4. The second-order valence-corrected chi connectivity index (χ2v) is 13.7. The highest BCUT2D eigenvalue weighted by Crippen LogP contribution is 2.41. The van der Waals surface area contributed by atoms with E-state index in [4.69, 9.17) is 23.7 Å². The van der Waals surface area contributed by atoms with Gasteiger partial charge < -0.3 is 33.5 Å². The maximum Gasteiger partial charge on any atom is 0.253 e. The predicted molar refractivity (Wildman–Crippen MR) is 211 cm³/mol. The van der Waals surface area contributed by atoms with Crippen molar-refractivity contribution in [2.75, 3.05) is 101 Å². The summed E-state index contributed by atoms with van der Waals surface area (Å²) in [6.07, 6.45) is 1.06. The summed E-state index contributed by atoms with van der Waals surface area (Å²) in [5, 5.41) is 0. The third-order valence-corrected chi connectivity index (χ3v) is 10.6. The van der Waals surface area contributed by atoms with E-state index in [9.17, 15) is 9.59 Å². The molecule has 0 saturated carbocycles. The number of ether oxygens (including phenoxy) is 5. The van der Waals surface area contributed by atoms with Gasteiger partial charge >= 0.3 is 0 Å². The van der Waals surface area contributed by atoms with Crippen LogP contribution in [0.1, 0.15) is 32.7 Å². The Morgan fingerprint density at radius 3 is 1.17 bits per heavy atom. The second-order valence-electron chi connectivity index (χ2n) is 13.7. The third-order valence-electron chi connectivity index (χ3n) is 10.6. The molecule has 6 rings (SSSR count). The summed E-state index contributed by atoms with van der Waals surface area (Å²) < 4.78 is 27.5. The molecule has 2 heterocycles. The van der Waals surface area contributed by atoms with Crippen molar-refractivity contribution in [2.45, 2.75) is 13.3 Å². The zero-order chi connectivity index (χ0) is 38.2. The van der Waals surface area contributed by atoms with Crippen LogP contribution in [0.4, 0.5) is 0 Å². The maximum absolute atomic E-state index is 13.4. The number of piperazine rings is 2. The van der Waals surface area contributed by atoms with Gasteiger partial charge in [0.05, 0.1) is 35.5 Å². The number of carbonyl (C=O) groups is 2. The first-order valence-corrected chi connectivity index (χ1v) is 18.5. The number of hydrogen-bond acceptors (Lipinski definition) is 9. The Labute approximate surface area is 318 Å². The van der Waals surface area contributed by atoms with Crippen LogP contribution in [-0.2, 0) is 0 Å². The van der Waals surface area contributed by atoms with Crippen molar-refractivity contribution in [3.8, 4) is 51.0 Å². The van der Waals surface area contributed by atoms with E-state index in [1.165, 1.54) is 0 Å². The standard InChI is InChI=1S/C43H52N4O7/c1-30-37(50-2)26-35(27-38(30)51-3)31-8-12-33(13-9-31)42(48)46-22-18-44(19-23-46)16-7-17-45-20-24-47(25-21-45)43(49)34-14-10-32(11-15-34)36-28-39(52-4)41(54-6)40(29-36)53-5/h8-15,26-29H,7,16-25H2,1-6H3. The monoisotopic (exact) mass is 736 g/mol. The van der Waals surface area contributed by atoms with Gasteiger partial charge in [-0.3, -0.25) is 19.4 Å². The molecule has 2 saturated heterocycles. The Balaban J connectivity index is 0.918. The molecule has 0 aromatic heterocycles. The first-order valence-electron chi connectivity index (χ1n) is 18.5. The average Bonchev–Trinajstić information content (AvgIpc) is 3.23. The van der Waals surface area contributed by atoms with E-state index in [-0.39, 0.29) is 11.8 Å². The second kappa shape index (κ2) is 17.7. The molecule has 11 heteroatoms. The van der Waals surface area contributed by atoms with Crippen molar-refractivity contribution in [2.24, 2.45) is 0 Å². The van der Waals surface area contributed by atoms with E-state index >= 15 is 0 Å². The molecular weight excluding hydrogens is 684 g/mol. The molecule has 2 aliphatic rings. The number of amides is 2. The van der Waals surface area contributed by atoms with Crippen LogP contribution in [0.3, 0.4) is 0 Å². The molecule has 286 valence electrons. The molecule has 0 spiro atoms. The van der Waals surface area contributed by atoms with Crippen molar-refractivity contribution in [1.29, 1.82) is 0 Å². The lowest BCUT2D eigenvalue weighted by atomic mass is 10.0. The molecule has 0 atom stereocenters. The normalized spacial score (nSPS) is 15.1. The minimum Gasteiger partial charge on any atom is -0.496 e. The highest BCUT2D eigenvalue weighted by molar-refractivity contribution is 5.95. The summed E-state index contributed by atoms with van der Waals surface area (Å²) in [6, 6.07) is 23.3. The molecule has 54 heavy (non-hydrogen) atoms. The summed E-state index contributed by atoms with van der Waals surface area (Å²) in [7, 11) is 8.09.